The van der Waals surface area contributed by atoms with Crippen LogP contribution < -0.4 is 16.2 Å². The molecule has 0 bridgehead atoms. The number of nitrogens with zero attached hydrogens (tertiary/aromatic N) is 3. The summed E-state index contributed by atoms with van der Waals surface area (Å²) in [5, 5.41) is 2.77. The summed E-state index contributed by atoms with van der Waals surface area (Å²) in [4.78, 5) is 9.96. The van der Waals surface area contributed by atoms with Gasteiger partial charge in [0.25, 0.3) is 0 Å². The summed E-state index contributed by atoms with van der Waals surface area (Å²) in [5.41, 5.74) is 23.1. The van der Waals surface area contributed by atoms with Gasteiger partial charge in [-0.05, 0) is 130 Å². The zero-order valence-corrected chi connectivity index (χ0v) is 28.4. The number of hydrogen-bond donors (Lipinski definition) is 1. The lowest BCUT2D eigenvalue weighted by atomic mass is 9.87. The van der Waals surface area contributed by atoms with Crippen molar-refractivity contribution in [2.45, 2.75) is 51.5 Å². The Balaban J connectivity index is 1.18. The fourth-order valence-corrected chi connectivity index (χ4v) is 8.31. The second-order valence-corrected chi connectivity index (χ2v) is 13.5. The molecule has 2 N–H and O–H groups in total. The van der Waals surface area contributed by atoms with Crippen LogP contribution >= 0.6 is 0 Å². The van der Waals surface area contributed by atoms with Gasteiger partial charge in [0.15, 0.2) is 0 Å². The number of para-hydroxylation sites is 3. The van der Waals surface area contributed by atoms with Crippen molar-refractivity contribution in [2.24, 2.45) is 5.73 Å². The molecule has 4 aromatic carbocycles. The van der Waals surface area contributed by atoms with E-state index in [-0.39, 0.29) is 6.04 Å². The molecular formula is C46H40N4. The van der Waals surface area contributed by atoms with Crippen molar-refractivity contribution in [3.63, 3.8) is 0 Å². The number of aromatic nitrogens is 3. The quantitative estimate of drug-likeness (QED) is 0.167. The van der Waals surface area contributed by atoms with Crippen molar-refractivity contribution in [1.29, 1.82) is 0 Å². The lowest BCUT2D eigenvalue weighted by Gasteiger charge is -2.20. The Morgan fingerprint density at radius 1 is 0.760 bits per heavy atom. The highest BCUT2D eigenvalue weighted by Gasteiger charge is 2.30. The van der Waals surface area contributed by atoms with E-state index in [0.29, 0.717) is 0 Å². The van der Waals surface area contributed by atoms with Crippen molar-refractivity contribution >= 4 is 33.8 Å². The Morgan fingerprint density at radius 3 is 2.36 bits per heavy atom. The normalized spacial score (nSPS) is 15.4. The van der Waals surface area contributed by atoms with Gasteiger partial charge in [-0.25, -0.2) is 4.98 Å². The summed E-state index contributed by atoms with van der Waals surface area (Å²) in [7, 11) is 0. The molecule has 2 aromatic heterocycles. The second kappa shape index (κ2) is 12.7. The minimum Gasteiger partial charge on any atom is -0.324 e. The van der Waals surface area contributed by atoms with E-state index in [1.807, 2.05) is 12.3 Å². The number of imidazole rings is 1. The van der Waals surface area contributed by atoms with Gasteiger partial charge < -0.3 is 5.73 Å². The van der Waals surface area contributed by atoms with E-state index in [0.717, 1.165) is 66.8 Å². The van der Waals surface area contributed by atoms with E-state index in [9.17, 15) is 0 Å². The highest BCUT2D eigenvalue weighted by atomic mass is 15.1. The van der Waals surface area contributed by atoms with Gasteiger partial charge in [-0.3, -0.25) is 9.55 Å². The van der Waals surface area contributed by atoms with Crippen LogP contribution in [0.1, 0.15) is 74.0 Å². The van der Waals surface area contributed by atoms with E-state index >= 15 is 0 Å². The van der Waals surface area contributed by atoms with Gasteiger partial charge in [0.1, 0.15) is 5.82 Å². The van der Waals surface area contributed by atoms with E-state index in [1.54, 1.807) is 0 Å². The molecule has 9 rings (SSSR count). The van der Waals surface area contributed by atoms with Crippen molar-refractivity contribution in [2.75, 3.05) is 0 Å². The van der Waals surface area contributed by atoms with Gasteiger partial charge in [0.2, 0.25) is 0 Å². The van der Waals surface area contributed by atoms with Gasteiger partial charge in [-0.2, -0.15) is 0 Å². The molecule has 6 aromatic rings. The van der Waals surface area contributed by atoms with Crippen LogP contribution in [0, 0.1) is 0 Å². The van der Waals surface area contributed by atoms with Gasteiger partial charge in [-0.15, -0.1) is 0 Å². The third-order valence-electron chi connectivity index (χ3n) is 10.6. The molecule has 0 saturated carbocycles. The smallest absolute Gasteiger partial charge is 0.141 e. The maximum Gasteiger partial charge on any atom is 0.141 e. The SMILES string of the molecule is CC/C=C\CC(N)c1ccc(-c2ccccn2)c2c1-c1ccc(C3=CC=C(c4nc5ccccc5n4-c4ccccc4)CC3)c3c1=C2CCC=3. The molecule has 4 nitrogen and oxygen atoms in total. The first-order valence-corrected chi connectivity index (χ1v) is 18.0. The molecule has 0 spiro atoms. The Labute approximate surface area is 293 Å². The monoisotopic (exact) mass is 648 g/mol. The molecule has 3 aliphatic carbocycles. The maximum atomic E-state index is 6.97. The third kappa shape index (κ3) is 5.02. The molecule has 4 heteroatoms. The second-order valence-electron chi connectivity index (χ2n) is 13.5. The molecule has 0 amide bonds. The number of hydrogen-bond acceptors (Lipinski definition) is 3. The molecule has 244 valence electrons. The average molecular weight is 649 g/mol. The van der Waals surface area contributed by atoms with E-state index in [2.05, 4.69) is 133 Å². The number of benzene rings is 4. The molecular weight excluding hydrogens is 609 g/mol. The molecule has 0 radical (unpaired) electrons. The van der Waals surface area contributed by atoms with Crippen molar-refractivity contribution in [3.8, 4) is 28.1 Å². The van der Waals surface area contributed by atoms with Crippen LogP contribution in [0.5, 0.6) is 0 Å². The van der Waals surface area contributed by atoms with Crippen LogP contribution in [0.2, 0.25) is 0 Å². The topological polar surface area (TPSA) is 56.7 Å². The lowest BCUT2D eigenvalue weighted by Crippen LogP contribution is -2.32. The average Bonchev–Trinajstić information content (AvgIpc) is 3.73. The predicted molar refractivity (Wildman–Crippen MR) is 208 cm³/mol. The number of rotatable bonds is 8. The highest BCUT2D eigenvalue weighted by Crippen LogP contribution is 2.45. The minimum absolute atomic E-state index is 0.0749. The zero-order valence-electron chi connectivity index (χ0n) is 28.4. The number of nitrogens with two attached hydrogens (primary N) is 1. The van der Waals surface area contributed by atoms with Crippen LogP contribution in [0.25, 0.3) is 61.9 Å². The molecule has 1 unspecified atom stereocenters. The van der Waals surface area contributed by atoms with Gasteiger partial charge >= 0.3 is 0 Å². The highest BCUT2D eigenvalue weighted by molar-refractivity contribution is 5.99. The molecule has 0 fully saturated rings. The van der Waals surface area contributed by atoms with E-state index in [1.165, 1.54) is 60.5 Å². The first-order valence-electron chi connectivity index (χ1n) is 18.0. The summed E-state index contributed by atoms with van der Waals surface area (Å²) >= 11 is 0. The van der Waals surface area contributed by atoms with Crippen LogP contribution in [0.4, 0.5) is 0 Å². The van der Waals surface area contributed by atoms with Crippen LogP contribution in [-0.4, -0.2) is 14.5 Å². The summed E-state index contributed by atoms with van der Waals surface area (Å²) in [6, 6.07) is 34.4. The molecule has 1 atom stereocenters. The standard InChI is InChI=1S/C46H40N4/c1-2-3-5-17-39(47)35-26-27-36(40-18-10-11-29-48-40)45-37-16-12-15-34-33(25-28-38(43(34)37)44(35)45)30-21-23-31(24-22-30)46-49-41-19-8-9-20-42(41)50(46)32-13-6-4-7-14-32/h3-11,13-15,18-21,23,25-29,39H,2,12,16-17,22,24,47H2,1H3/b5-3-. The molecule has 0 saturated heterocycles. The fourth-order valence-electron chi connectivity index (χ4n) is 8.31. The molecule has 3 aliphatic rings. The lowest BCUT2D eigenvalue weighted by molar-refractivity contribution is 0.741. The Hall–Kier alpha value is -5.58. The molecule has 50 heavy (non-hydrogen) atoms. The fraction of sp³-hybridized carbons (Fsp3) is 0.174. The maximum absolute atomic E-state index is 6.97. The summed E-state index contributed by atoms with van der Waals surface area (Å²) in [6.07, 6.45) is 19.3. The van der Waals surface area contributed by atoms with Crippen molar-refractivity contribution in [3.05, 3.63) is 161 Å². The molecule has 0 aliphatic heterocycles. The molecule has 2 heterocycles. The Bertz CT molecular complexity index is 2500. The predicted octanol–water partition coefficient (Wildman–Crippen LogP) is 9.46. The minimum atomic E-state index is -0.0749. The summed E-state index contributed by atoms with van der Waals surface area (Å²) in [6.45, 7) is 2.17. The number of pyridine rings is 1. The Kier molecular flexibility index (Phi) is 7.74. The van der Waals surface area contributed by atoms with Crippen LogP contribution in [0.15, 0.2) is 128 Å². The summed E-state index contributed by atoms with van der Waals surface area (Å²) in [5.74, 6) is 1.03. The Morgan fingerprint density at radius 2 is 1.54 bits per heavy atom. The largest absolute Gasteiger partial charge is 0.324 e. The van der Waals surface area contributed by atoms with Crippen molar-refractivity contribution in [1.82, 2.24) is 14.5 Å². The van der Waals surface area contributed by atoms with Gasteiger partial charge in [0.05, 0.1) is 16.7 Å². The van der Waals surface area contributed by atoms with Crippen molar-refractivity contribution < 1.29 is 0 Å². The van der Waals surface area contributed by atoms with E-state index < -0.39 is 0 Å². The third-order valence-corrected chi connectivity index (χ3v) is 10.6. The number of fused-ring (bicyclic) bond motifs is 4. The van der Waals surface area contributed by atoms with Gasteiger partial charge in [0, 0.05) is 23.5 Å². The number of allylic oxidation sites excluding steroid dienone is 5. The van der Waals surface area contributed by atoms with Gasteiger partial charge in [-0.1, -0.05) is 98.0 Å². The summed E-state index contributed by atoms with van der Waals surface area (Å²) < 4.78 is 2.31. The van der Waals surface area contributed by atoms with Crippen LogP contribution in [0.3, 0.4) is 0 Å². The first kappa shape index (κ1) is 30.5. The van der Waals surface area contributed by atoms with E-state index in [4.69, 9.17) is 15.7 Å². The zero-order chi connectivity index (χ0) is 33.6. The van der Waals surface area contributed by atoms with Crippen LogP contribution in [-0.2, 0) is 0 Å². The first-order chi connectivity index (χ1) is 24.7.